The quantitative estimate of drug-likeness (QED) is 0.199. The van der Waals surface area contributed by atoms with E-state index in [0.29, 0.717) is 66.9 Å². The number of phenols is 1. The summed E-state index contributed by atoms with van der Waals surface area (Å²) in [4.78, 5) is 46.6. The molecule has 54 heavy (non-hydrogen) atoms. The number of likely N-dealkylation sites (tertiary alicyclic amines) is 1. The predicted octanol–water partition coefficient (Wildman–Crippen LogP) is 6.29. The molecule has 1 aliphatic carbocycles. The summed E-state index contributed by atoms with van der Waals surface area (Å²) in [7, 11) is 4.79. The summed E-state index contributed by atoms with van der Waals surface area (Å²) in [6.45, 7) is 6.99. The Labute approximate surface area is 316 Å². The van der Waals surface area contributed by atoms with Crippen LogP contribution in [0.1, 0.15) is 63.5 Å². The first-order valence-electron chi connectivity index (χ1n) is 18.4. The first-order valence-corrected chi connectivity index (χ1v) is 18.4. The summed E-state index contributed by atoms with van der Waals surface area (Å²) >= 11 is 0. The molecular weight excluding hydrogens is 694 g/mol. The lowest BCUT2D eigenvalue weighted by Gasteiger charge is -2.41. The average molecular weight is 746 g/mol. The van der Waals surface area contributed by atoms with E-state index >= 15 is 4.79 Å². The molecule has 0 unspecified atom stereocenters. The number of phenolic OH excluding ortho intramolecular Hbond substituents is 1. The van der Waals surface area contributed by atoms with Crippen LogP contribution in [-0.4, -0.2) is 93.7 Å². The Bertz CT molecular complexity index is 1820. The van der Waals surface area contributed by atoms with Gasteiger partial charge in [0.05, 0.1) is 25.8 Å². The number of hydrogen-bond acceptors (Lipinski definition) is 10. The zero-order valence-corrected chi connectivity index (χ0v) is 32.0. The van der Waals surface area contributed by atoms with Crippen molar-refractivity contribution in [2.24, 2.45) is 5.92 Å². The second-order valence-electron chi connectivity index (χ2n) is 15.0. The summed E-state index contributed by atoms with van der Waals surface area (Å²) in [6.07, 6.45) is 2.25. The number of hydrogen-bond donors (Lipinski definition) is 1. The molecular formula is C41H51N3O10. The van der Waals surface area contributed by atoms with E-state index in [1.807, 2.05) is 62.1 Å². The molecule has 0 bridgehead atoms. The number of carbonyl (C=O) groups excluding carboxylic acids is 3. The number of aromatic hydroxyl groups is 1. The van der Waals surface area contributed by atoms with E-state index in [1.165, 1.54) is 0 Å². The van der Waals surface area contributed by atoms with Gasteiger partial charge in [-0.15, -0.1) is 0 Å². The molecule has 13 nitrogen and oxygen atoms in total. The lowest BCUT2D eigenvalue weighted by molar-refractivity contribution is -0.124. The molecule has 3 aromatic carbocycles. The van der Waals surface area contributed by atoms with Crippen molar-refractivity contribution >= 4 is 29.3 Å². The third-order valence-electron chi connectivity index (χ3n) is 9.78. The van der Waals surface area contributed by atoms with Crippen LogP contribution < -0.4 is 28.7 Å². The van der Waals surface area contributed by atoms with E-state index in [2.05, 4.69) is 0 Å². The maximum atomic E-state index is 15.0. The Hall–Kier alpha value is -5.17. The number of methoxy groups -OCH3 is 3. The van der Waals surface area contributed by atoms with E-state index < -0.39 is 17.6 Å². The van der Waals surface area contributed by atoms with E-state index in [0.717, 1.165) is 24.0 Å². The van der Waals surface area contributed by atoms with Crippen LogP contribution in [0, 0.1) is 5.92 Å². The molecule has 1 N–H and O–H groups in total. The molecule has 0 spiro atoms. The number of rotatable bonds is 13. The fraction of sp³-hybridized carbons (Fsp3) is 0.488. The third kappa shape index (κ3) is 9.12. The maximum Gasteiger partial charge on any atom is 0.410 e. The van der Waals surface area contributed by atoms with Crippen LogP contribution in [0.25, 0.3) is 0 Å². The van der Waals surface area contributed by atoms with Crippen LogP contribution in [0.15, 0.2) is 54.6 Å². The topological polar surface area (TPSA) is 137 Å². The number of anilines is 2. The van der Waals surface area contributed by atoms with Gasteiger partial charge in [-0.05, 0) is 106 Å². The molecule has 2 aliphatic heterocycles. The van der Waals surface area contributed by atoms with Crippen LogP contribution in [0.5, 0.6) is 28.7 Å². The van der Waals surface area contributed by atoms with Gasteiger partial charge in [0.25, 0.3) is 5.91 Å². The van der Waals surface area contributed by atoms with E-state index in [-0.39, 0.29) is 49.3 Å². The molecule has 2 fully saturated rings. The Morgan fingerprint density at radius 3 is 2.35 bits per heavy atom. The SMILES string of the molecule is COCCCN1C(=O)COc2ccc(N(C(=O)[C@H]3CN(C(=O)OC(C)(C)C)CC[C@@H]3c3cc(O)cc(OCc4cc(OC)cc(OC)c4)c3)C3CC3)cc21. The van der Waals surface area contributed by atoms with Crippen LogP contribution in [-0.2, 0) is 25.7 Å². The average Bonchev–Trinajstić information content (AvgIpc) is 3.99. The standard InChI is InChI=1S/C41H51N3O10/c1-41(2,3)54-40(48)42-14-12-34(27-18-30(45)21-33(19-27)52-24-26-16-31(50-5)22-32(17-26)51-6)35(23-42)39(47)44(28-8-9-28)29-10-11-37-36(20-29)43(13-7-15-49-4)38(46)25-53-37/h10-11,16-22,28,34-35,45H,7-9,12-15,23-25H2,1-6H3/t34-,35+/m1/s1. The number of carbonyl (C=O) groups is 3. The van der Waals surface area contributed by atoms with Crippen molar-refractivity contribution in [2.75, 3.05) is 64.0 Å². The van der Waals surface area contributed by atoms with Crippen molar-refractivity contribution in [3.8, 4) is 28.7 Å². The lowest BCUT2D eigenvalue weighted by atomic mass is 9.79. The molecule has 0 aromatic heterocycles. The first kappa shape index (κ1) is 38.6. The van der Waals surface area contributed by atoms with Gasteiger partial charge >= 0.3 is 6.09 Å². The molecule has 0 radical (unpaired) electrons. The first-order chi connectivity index (χ1) is 25.9. The number of piperidine rings is 1. The summed E-state index contributed by atoms with van der Waals surface area (Å²) in [5.74, 6) is 0.891. The minimum Gasteiger partial charge on any atom is -0.508 e. The Kier molecular flexibility index (Phi) is 11.8. The Balaban J connectivity index is 1.32. The monoisotopic (exact) mass is 745 g/mol. The van der Waals surface area contributed by atoms with Crippen molar-refractivity contribution in [3.05, 3.63) is 65.7 Å². The van der Waals surface area contributed by atoms with Gasteiger partial charge in [-0.1, -0.05) is 0 Å². The molecule has 1 saturated heterocycles. The molecule has 290 valence electrons. The van der Waals surface area contributed by atoms with E-state index in [1.54, 1.807) is 49.3 Å². The van der Waals surface area contributed by atoms with Crippen molar-refractivity contribution in [2.45, 2.75) is 70.6 Å². The minimum absolute atomic E-state index is 0.00142. The molecule has 2 heterocycles. The van der Waals surface area contributed by atoms with Gasteiger partial charge in [-0.25, -0.2) is 4.79 Å². The zero-order chi connectivity index (χ0) is 38.6. The van der Waals surface area contributed by atoms with Gasteiger partial charge in [-0.2, -0.15) is 0 Å². The fourth-order valence-corrected chi connectivity index (χ4v) is 7.09. The largest absolute Gasteiger partial charge is 0.508 e. The number of ether oxygens (including phenoxy) is 6. The number of fused-ring (bicyclic) bond motifs is 1. The Morgan fingerprint density at radius 2 is 1.69 bits per heavy atom. The highest BCUT2D eigenvalue weighted by molar-refractivity contribution is 6.01. The summed E-state index contributed by atoms with van der Waals surface area (Å²) < 4.78 is 33.7. The maximum absolute atomic E-state index is 15.0. The second kappa shape index (κ2) is 16.5. The highest BCUT2D eigenvalue weighted by Gasteiger charge is 2.44. The highest BCUT2D eigenvalue weighted by atomic mass is 16.6. The van der Waals surface area contributed by atoms with Crippen LogP contribution in [0.4, 0.5) is 16.2 Å². The molecule has 3 aliphatic rings. The predicted molar refractivity (Wildman–Crippen MR) is 202 cm³/mol. The van der Waals surface area contributed by atoms with E-state index in [9.17, 15) is 14.7 Å². The van der Waals surface area contributed by atoms with Crippen molar-refractivity contribution in [3.63, 3.8) is 0 Å². The second-order valence-corrected chi connectivity index (χ2v) is 15.0. The van der Waals surface area contributed by atoms with Crippen molar-refractivity contribution in [1.29, 1.82) is 0 Å². The summed E-state index contributed by atoms with van der Waals surface area (Å²) in [5, 5.41) is 10.9. The van der Waals surface area contributed by atoms with Gasteiger partial charge < -0.3 is 48.2 Å². The molecule has 2 atom stereocenters. The fourth-order valence-electron chi connectivity index (χ4n) is 7.09. The van der Waals surface area contributed by atoms with Crippen molar-refractivity contribution in [1.82, 2.24) is 4.90 Å². The molecule has 13 heteroatoms. The van der Waals surface area contributed by atoms with Gasteiger partial charge in [0.2, 0.25) is 5.91 Å². The lowest BCUT2D eigenvalue weighted by Crippen LogP contribution is -2.51. The van der Waals surface area contributed by atoms with Crippen LogP contribution >= 0.6 is 0 Å². The molecule has 3 aromatic rings. The molecule has 3 amide bonds. The molecule has 6 rings (SSSR count). The summed E-state index contributed by atoms with van der Waals surface area (Å²) in [6, 6.07) is 16.0. The van der Waals surface area contributed by atoms with E-state index in [4.69, 9.17) is 28.4 Å². The minimum atomic E-state index is -0.713. The highest BCUT2D eigenvalue weighted by Crippen LogP contribution is 2.44. The molecule has 1 saturated carbocycles. The number of nitrogens with zero attached hydrogens (tertiary/aromatic N) is 3. The van der Waals surface area contributed by atoms with Crippen LogP contribution in [0.2, 0.25) is 0 Å². The van der Waals surface area contributed by atoms with Gasteiger partial charge in [0, 0.05) is 57.2 Å². The number of amides is 3. The van der Waals surface area contributed by atoms with Crippen LogP contribution in [0.3, 0.4) is 0 Å². The third-order valence-corrected chi connectivity index (χ3v) is 9.78. The number of benzene rings is 3. The Morgan fingerprint density at radius 1 is 0.944 bits per heavy atom. The smallest absolute Gasteiger partial charge is 0.410 e. The van der Waals surface area contributed by atoms with Crippen molar-refractivity contribution < 1.29 is 47.9 Å². The van der Waals surface area contributed by atoms with Gasteiger partial charge in [0.15, 0.2) is 6.61 Å². The normalized spacial score (nSPS) is 18.4. The van der Waals surface area contributed by atoms with Gasteiger partial charge in [0.1, 0.15) is 41.0 Å². The van der Waals surface area contributed by atoms with Gasteiger partial charge in [-0.3, -0.25) is 9.59 Å². The zero-order valence-electron chi connectivity index (χ0n) is 32.0. The summed E-state index contributed by atoms with van der Waals surface area (Å²) in [5.41, 5.74) is 2.08.